The first kappa shape index (κ1) is 12.1. The van der Waals surface area contributed by atoms with Crippen molar-refractivity contribution in [2.45, 2.75) is 25.7 Å². The second-order valence-corrected chi connectivity index (χ2v) is 5.25. The lowest BCUT2D eigenvalue weighted by atomic mass is 10.00. The zero-order chi connectivity index (χ0) is 13.6. The number of nitrogens with zero attached hydrogens (tertiary/aromatic N) is 2. The van der Waals surface area contributed by atoms with Crippen LogP contribution in [0.25, 0.3) is 11.1 Å². The summed E-state index contributed by atoms with van der Waals surface area (Å²) in [7, 11) is 3.59. The second-order valence-electron chi connectivity index (χ2n) is 5.25. The van der Waals surface area contributed by atoms with Gasteiger partial charge in [-0.05, 0) is 31.9 Å². The number of hydrogen-bond donors (Lipinski definition) is 1. The van der Waals surface area contributed by atoms with Crippen LogP contribution in [0.15, 0.2) is 18.2 Å². The number of nitrogens with two attached hydrogens (primary N) is 1. The lowest BCUT2D eigenvalue weighted by molar-refractivity contribution is 0.416. The van der Waals surface area contributed by atoms with E-state index in [-0.39, 0.29) is 0 Å². The molecule has 0 bridgehead atoms. The molecule has 1 aliphatic carbocycles. The second kappa shape index (κ2) is 4.30. The normalized spacial score (nSPS) is 14.7. The van der Waals surface area contributed by atoms with Crippen LogP contribution < -0.4 is 10.5 Å². The third kappa shape index (κ3) is 1.97. The minimum Gasteiger partial charge on any atom is -0.496 e. The maximum atomic E-state index is 6.22. The van der Waals surface area contributed by atoms with Crippen molar-refractivity contribution in [3.8, 4) is 16.9 Å². The van der Waals surface area contributed by atoms with Crippen molar-refractivity contribution < 1.29 is 4.74 Å². The van der Waals surface area contributed by atoms with Crippen molar-refractivity contribution in [1.82, 2.24) is 9.78 Å². The fourth-order valence-electron chi connectivity index (χ4n) is 2.49. The summed E-state index contributed by atoms with van der Waals surface area (Å²) in [5.74, 6) is 2.13. The largest absolute Gasteiger partial charge is 0.496 e. The Morgan fingerprint density at radius 2 is 2.11 bits per heavy atom. The molecular weight excluding hydrogens is 238 g/mol. The van der Waals surface area contributed by atoms with Crippen LogP contribution in [0.1, 0.15) is 30.0 Å². The summed E-state index contributed by atoms with van der Waals surface area (Å²) in [4.78, 5) is 0. The van der Waals surface area contributed by atoms with Gasteiger partial charge in [0.05, 0.1) is 18.4 Å². The van der Waals surface area contributed by atoms with E-state index in [9.17, 15) is 0 Å². The van der Waals surface area contributed by atoms with E-state index in [2.05, 4.69) is 18.1 Å². The minimum atomic E-state index is 0.559. The molecule has 1 aromatic heterocycles. The van der Waals surface area contributed by atoms with E-state index in [1.165, 1.54) is 18.4 Å². The molecule has 19 heavy (non-hydrogen) atoms. The standard InChI is InChI=1S/C15H19N3O/c1-9-4-7-12(19-3)11(8-9)13-14(10-5-6-10)17-18(2)15(13)16/h4,7-8,10H,5-6,16H2,1-3H3. The van der Waals surface area contributed by atoms with E-state index in [4.69, 9.17) is 10.5 Å². The maximum Gasteiger partial charge on any atom is 0.129 e. The van der Waals surface area contributed by atoms with Crippen molar-refractivity contribution in [2.24, 2.45) is 7.05 Å². The number of aryl methyl sites for hydroxylation is 2. The Balaban J connectivity index is 2.23. The Bertz CT molecular complexity index is 627. The SMILES string of the molecule is COc1ccc(C)cc1-c1c(C2CC2)nn(C)c1N. The molecule has 4 heteroatoms. The Kier molecular flexibility index (Phi) is 2.73. The molecule has 2 N–H and O–H groups in total. The van der Waals surface area contributed by atoms with Gasteiger partial charge < -0.3 is 10.5 Å². The van der Waals surface area contributed by atoms with Crippen LogP contribution in [-0.2, 0) is 7.05 Å². The van der Waals surface area contributed by atoms with Crippen LogP contribution in [0.2, 0.25) is 0 Å². The van der Waals surface area contributed by atoms with Crippen molar-refractivity contribution >= 4 is 5.82 Å². The fraction of sp³-hybridized carbons (Fsp3) is 0.400. The summed E-state index contributed by atoms with van der Waals surface area (Å²) in [6.07, 6.45) is 2.41. The number of aromatic nitrogens is 2. The highest BCUT2D eigenvalue weighted by atomic mass is 16.5. The van der Waals surface area contributed by atoms with E-state index in [0.717, 1.165) is 22.6 Å². The molecule has 1 fully saturated rings. The molecule has 0 radical (unpaired) electrons. The molecule has 3 rings (SSSR count). The summed E-state index contributed by atoms with van der Waals surface area (Å²) < 4.78 is 7.25. The third-order valence-corrected chi connectivity index (χ3v) is 3.71. The van der Waals surface area contributed by atoms with Gasteiger partial charge in [0.15, 0.2) is 0 Å². The van der Waals surface area contributed by atoms with E-state index >= 15 is 0 Å². The molecule has 0 unspecified atom stereocenters. The molecule has 2 aromatic rings. The predicted octanol–water partition coefficient (Wildman–Crippen LogP) is 2.86. The third-order valence-electron chi connectivity index (χ3n) is 3.71. The highest BCUT2D eigenvalue weighted by Crippen LogP contribution is 2.47. The molecule has 1 aliphatic rings. The number of ether oxygens (including phenoxy) is 1. The van der Waals surface area contributed by atoms with E-state index in [1.54, 1.807) is 11.8 Å². The van der Waals surface area contributed by atoms with Gasteiger partial charge in [-0.1, -0.05) is 11.6 Å². The predicted molar refractivity (Wildman–Crippen MR) is 76.3 cm³/mol. The number of rotatable bonds is 3. The van der Waals surface area contributed by atoms with Crippen LogP contribution in [0.3, 0.4) is 0 Å². The van der Waals surface area contributed by atoms with Gasteiger partial charge in [-0.2, -0.15) is 5.10 Å². The molecule has 0 aliphatic heterocycles. The van der Waals surface area contributed by atoms with Crippen LogP contribution in [0.5, 0.6) is 5.75 Å². The van der Waals surface area contributed by atoms with Crippen LogP contribution in [-0.4, -0.2) is 16.9 Å². The molecule has 1 saturated carbocycles. The van der Waals surface area contributed by atoms with Gasteiger partial charge in [-0.3, -0.25) is 4.68 Å². The van der Waals surface area contributed by atoms with E-state index in [0.29, 0.717) is 11.7 Å². The van der Waals surface area contributed by atoms with Crippen molar-refractivity contribution in [2.75, 3.05) is 12.8 Å². The highest BCUT2D eigenvalue weighted by Gasteiger charge is 2.32. The van der Waals surface area contributed by atoms with Gasteiger partial charge in [0.25, 0.3) is 0 Å². The minimum absolute atomic E-state index is 0.559. The summed E-state index contributed by atoms with van der Waals surface area (Å²) in [5.41, 5.74) is 10.6. The average Bonchev–Trinajstić information content (AvgIpc) is 3.18. The molecule has 0 atom stereocenters. The summed E-state index contributed by atoms with van der Waals surface area (Å²) in [6.45, 7) is 2.08. The average molecular weight is 257 g/mol. The smallest absolute Gasteiger partial charge is 0.129 e. The summed E-state index contributed by atoms with van der Waals surface area (Å²) >= 11 is 0. The Morgan fingerprint density at radius 1 is 1.37 bits per heavy atom. The number of hydrogen-bond acceptors (Lipinski definition) is 3. The first-order chi connectivity index (χ1) is 9.11. The van der Waals surface area contributed by atoms with Gasteiger partial charge in [0.1, 0.15) is 11.6 Å². The van der Waals surface area contributed by atoms with Gasteiger partial charge >= 0.3 is 0 Å². The monoisotopic (exact) mass is 257 g/mol. The lowest BCUT2D eigenvalue weighted by Gasteiger charge is -2.10. The molecule has 4 nitrogen and oxygen atoms in total. The van der Waals surface area contributed by atoms with Crippen molar-refractivity contribution in [1.29, 1.82) is 0 Å². The van der Waals surface area contributed by atoms with Crippen LogP contribution >= 0.6 is 0 Å². The van der Waals surface area contributed by atoms with Crippen molar-refractivity contribution in [3.63, 3.8) is 0 Å². The van der Waals surface area contributed by atoms with Gasteiger partial charge in [-0.15, -0.1) is 0 Å². The highest BCUT2D eigenvalue weighted by molar-refractivity contribution is 5.82. The first-order valence-electron chi connectivity index (χ1n) is 6.59. The lowest BCUT2D eigenvalue weighted by Crippen LogP contribution is -1.98. The zero-order valence-electron chi connectivity index (χ0n) is 11.6. The number of nitrogen functional groups attached to an aromatic ring is 1. The Hall–Kier alpha value is -1.97. The summed E-state index contributed by atoms with van der Waals surface area (Å²) in [5, 5.41) is 4.59. The molecule has 1 heterocycles. The van der Waals surface area contributed by atoms with Gasteiger partial charge in [0.2, 0.25) is 0 Å². The molecular formula is C15H19N3O. The van der Waals surface area contributed by atoms with Gasteiger partial charge in [0, 0.05) is 18.5 Å². The number of anilines is 1. The number of benzene rings is 1. The maximum absolute atomic E-state index is 6.22. The van der Waals surface area contributed by atoms with Crippen LogP contribution in [0, 0.1) is 6.92 Å². The molecule has 0 amide bonds. The molecule has 0 saturated heterocycles. The molecule has 1 aromatic carbocycles. The Morgan fingerprint density at radius 3 is 2.74 bits per heavy atom. The first-order valence-corrected chi connectivity index (χ1v) is 6.59. The Labute approximate surface area is 113 Å². The summed E-state index contributed by atoms with van der Waals surface area (Å²) in [6, 6.07) is 6.16. The van der Waals surface area contributed by atoms with Gasteiger partial charge in [-0.25, -0.2) is 0 Å². The molecule has 100 valence electrons. The molecule has 0 spiro atoms. The fourth-order valence-corrected chi connectivity index (χ4v) is 2.49. The quantitative estimate of drug-likeness (QED) is 0.919. The van der Waals surface area contributed by atoms with E-state index in [1.807, 2.05) is 19.2 Å². The van der Waals surface area contributed by atoms with Crippen molar-refractivity contribution in [3.05, 3.63) is 29.5 Å². The number of methoxy groups -OCH3 is 1. The zero-order valence-corrected chi connectivity index (χ0v) is 11.6. The van der Waals surface area contributed by atoms with Crippen LogP contribution in [0.4, 0.5) is 5.82 Å². The topological polar surface area (TPSA) is 53.1 Å². The van der Waals surface area contributed by atoms with E-state index < -0.39 is 0 Å².